The van der Waals surface area contributed by atoms with Crippen LogP contribution in [-0.4, -0.2) is 74.4 Å². The number of allylic oxidation sites excluding steroid dienone is 3. The van der Waals surface area contributed by atoms with Gasteiger partial charge in [0.05, 0.1) is 25.0 Å². The lowest BCUT2D eigenvalue weighted by molar-refractivity contribution is -0.120. The van der Waals surface area contributed by atoms with Gasteiger partial charge in [-0.3, -0.25) is 14.4 Å². The van der Waals surface area contributed by atoms with Crippen molar-refractivity contribution >= 4 is 23.6 Å². The normalized spacial score (nSPS) is 33.6. The van der Waals surface area contributed by atoms with Crippen molar-refractivity contribution < 1.29 is 43.2 Å². The first kappa shape index (κ1) is 33.9. The second-order valence-electron chi connectivity index (χ2n) is 11.0. The number of Topliss-reactive ketones (excluding diaryl/α,β-unsaturated/α-hetero) is 1. The van der Waals surface area contributed by atoms with Crippen molar-refractivity contribution in [3.8, 4) is 0 Å². The lowest BCUT2D eigenvalue weighted by Gasteiger charge is -2.32. The highest BCUT2D eigenvalue weighted by Gasteiger charge is 2.35. The van der Waals surface area contributed by atoms with E-state index in [1.165, 1.54) is 21.3 Å². The Labute approximate surface area is 241 Å². The molecule has 0 saturated heterocycles. The van der Waals surface area contributed by atoms with Crippen LogP contribution in [0.3, 0.4) is 0 Å². The predicted octanol–water partition coefficient (Wildman–Crippen LogP) is 2.88. The Balaban J connectivity index is 2.60. The summed E-state index contributed by atoms with van der Waals surface area (Å²) in [4.78, 5) is 51.0. The van der Waals surface area contributed by atoms with Gasteiger partial charge in [-0.05, 0) is 50.5 Å². The standard InChI is InChI=1S/C30H44N2O9/c1-15-11-20-25(35)21(14-22(33)28(20)40-8)32-29(36)17(3)10-9-16(2)26(39-7)27(41-30(31)37)19(5)13-18(4)24(34)23(12-15)38-6/h10,13-16,18,23-24,26-27,34H,9,11-12H2,1-8H3,(H2,31,37)(H,32,36)/b17-10+,19-13+/t15-,16?,18+,23+,24-,26+,27+/m1/s1. The number of aliphatic hydroxyl groups excluding tert-OH is 1. The molecule has 0 spiro atoms. The Morgan fingerprint density at radius 2 is 1.73 bits per heavy atom. The number of primary amides is 1. The van der Waals surface area contributed by atoms with E-state index in [1.54, 1.807) is 26.0 Å². The largest absolute Gasteiger partial charge is 0.492 e. The minimum Gasteiger partial charge on any atom is -0.492 e. The van der Waals surface area contributed by atoms with Gasteiger partial charge in [-0.25, -0.2) is 4.79 Å². The van der Waals surface area contributed by atoms with Gasteiger partial charge in [0.2, 0.25) is 11.6 Å². The van der Waals surface area contributed by atoms with Crippen LogP contribution in [0, 0.1) is 17.8 Å². The highest BCUT2D eigenvalue weighted by Crippen LogP contribution is 2.30. The maximum absolute atomic E-state index is 13.4. The summed E-state index contributed by atoms with van der Waals surface area (Å²) in [6.45, 7) is 8.92. The lowest BCUT2D eigenvalue weighted by atomic mass is 9.85. The summed E-state index contributed by atoms with van der Waals surface area (Å²) in [6.07, 6.45) is 1.39. The van der Waals surface area contributed by atoms with Gasteiger partial charge in [0, 0.05) is 37.4 Å². The number of ether oxygens (including phenoxy) is 4. The monoisotopic (exact) mass is 576 g/mol. The second kappa shape index (κ2) is 15.1. The molecule has 11 nitrogen and oxygen atoms in total. The molecule has 2 bridgehead atoms. The lowest BCUT2D eigenvalue weighted by Crippen LogP contribution is -2.40. The molecule has 1 aliphatic heterocycles. The molecular weight excluding hydrogens is 532 g/mol. The Bertz CT molecular complexity index is 1140. The summed E-state index contributed by atoms with van der Waals surface area (Å²) in [5.41, 5.74) is 6.36. The topological polar surface area (TPSA) is 163 Å². The van der Waals surface area contributed by atoms with Gasteiger partial charge < -0.3 is 35.1 Å². The minimum atomic E-state index is -0.971. The van der Waals surface area contributed by atoms with Crippen molar-refractivity contribution in [1.29, 1.82) is 0 Å². The van der Waals surface area contributed by atoms with Crippen LogP contribution in [0.5, 0.6) is 0 Å². The van der Waals surface area contributed by atoms with Gasteiger partial charge in [-0.15, -0.1) is 0 Å². The number of ketones is 2. The Kier molecular flexibility index (Phi) is 12.5. The fourth-order valence-corrected chi connectivity index (χ4v) is 5.34. The van der Waals surface area contributed by atoms with E-state index in [0.29, 0.717) is 24.0 Å². The van der Waals surface area contributed by atoms with Gasteiger partial charge in [0.15, 0.2) is 11.9 Å². The van der Waals surface area contributed by atoms with Crippen LogP contribution in [0.2, 0.25) is 0 Å². The molecule has 228 valence electrons. The first-order valence-electron chi connectivity index (χ1n) is 13.7. The van der Waals surface area contributed by atoms with E-state index in [4.69, 9.17) is 24.7 Å². The Morgan fingerprint density at radius 1 is 1.07 bits per heavy atom. The average Bonchev–Trinajstić information content (AvgIpc) is 2.91. The molecule has 41 heavy (non-hydrogen) atoms. The SMILES string of the molecule is COC1=C2C[C@@H](C)C[C@H](OC)[C@H](O)[C@@H](C)/C=C(\C)[C@H](OC(N)=O)[C@@H](OC)C(C)C/C=C(\C)C(=O)NC(=CC1=O)C2=O. The molecule has 2 rings (SSSR count). The first-order valence-corrected chi connectivity index (χ1v) is 13.7. The van der Waals surface area contributed by atoms with Crippen molar-refractivity contribution in [3.63, 3.8) is 0 Å². The molecule has 0 aromatic rings. The molecule has 2 aliphatic rings. The number of hydrogen-bond donors (Lipinski definition) is 3. The third kappa shape index (κ3) is 8.61. The number of nitrogens with one attached hydrogen (secondary N) is 1. The number of rotatable bonds is 4. The predicted molar refractivity (Wildman–Crippen MR) is 151 cm³/mol. The molecule has 1 aliphatic carbocycles. The van der Waals surface area contributed by atoms with Crippen LogP contribution in [0.25, 0.3) is 0 Å². The van der Waals surface area contributed by atoms with Crippen LogP contribution in [0.1, 0.15) is 53.9 Å². The fourth-order valence-electron chi connectivity index (χ4n) is 5.34. The van der Waals surface area contributed by atoms with Crippen LogP contribution in [0.15, 0.2) is 46.4 Å². The van der Waals surface area contributed by atoms with Crippen molar-refractivity contribution in [3.05, 3.63) is 46.4 Å². The van der Waals surface area contributed by atoms with Crippen molar-refractivity contribution in [2.45, 2.75) is 78.3 Å². The molecule has 0 saturated carbocycles. The highest BCUT2D eigenvalue weighted by atomic mass is 16.6. The maximum atomic E-state index is 13.4. The van der Waals surface area contributed by atoms with Crippen molar-refractivity contribution in [2.75, 3.05) is 21.3 Å². The maximum Gasteiger partial charge on any atom is 0.405 e. The molecule has 7 atom stereocenters. The van der Waals surface area contributed by atoms with Crippen molar-refractivity contribution in [1.82, 2.24) is 5.32 Å². The van der Waals surface area contributed by atoms with E-state index < -0.39 is 53.9 Å². The third-order valence-electron chi connectivity index (χ3n) is 7.66. The average molecular weight is 577 g/mol. The second-order valence-corrected chi connectivity index (χ2v) is 11.0. The van der Waals surface area contributed by atoms with E-state index in [2.05, 4.69) is 5.32 Å². The number of carbonyl (C=O) groups is 4. The van der Waals surface area contributed by atoms with E-state index in [1.807, 2.05) is 20.8 Å². The molecule has 2 amide bonds. The zero-order chi connectivity index (χ0) is 31.0. The van der Waals surface area contributed by atoms with Gasteiger partial charge in [0.1, 0.15) is 6.10 Å². The molecule has 4 N–H and O–H groups in total. The fraction of sp³-hybridized carbons (Fsp3) is 0.600. The summed E-state index contributed by atoms with van der Waals surface area (Å²) < 4.78 is 22.1. The minimum absolute atomic E-state index is 0.0700. The van der Waals surface area contributed by atoms with Gasteiger partial charge >= 0.3 is 6.09 Å². The molecular formula is C30H44N2O9. The smallest absolute Gasteiger partial charge is 0.405 e. The Morgan fingerprint density at radius 3 is 2.29 bits per heavy atom. The molecule has 0 aromatic heterocycles. The van der Waals surface area contributed by atoms with Crippen LogP contribution >= 0.6 is 0 Å². The summed E-state index contributed by atoms with van der Waals surface area (Å²) in [6, 6.07) is 0. The number of nitrogens with two attached hydrogens (primary N) is 1. The van der Waals surface area contributed by atoms with Crippen LogP contribution < -0.4 is 11.1 Å². The zero-order valence-corrected chi connectivity index (χ0v) is 25.2. The van der Waals surface area contributed by atoms with Gasteiger partial charge in [-0.1, -0.05) is 32.9 Å². The number of methoxy groups -OCH3 is 3. The Hall–Kier alpha value is -3.28. The number of aliphatic hydroxyl groups is 1. The summed E-state index contributed by atoms with van der Waals surface area (Å²) in [7, 11) is 4.29. The summed E-state index contributed by atoms with van der Waals surface area (Å²) in [5, 5.41) is 13.8. The number of hydrogen-bond acceptors (Lipinski definition) is 9. The van der Waals surface area contributed by atoms with Gasteiger partial charge in [-0.2, -0.15) is 0 Å². The van der Waals surface area contributed by atoms with E-state index in [-0.39, 0.29) is 35.3 Å². The highest BCUT2D eigenvalue weighted by molar-refractivity contribution is 6.23. The van der Waals surface area contributed by atoms with Crippen LogP contribution in [0.4, 0.5) is 4.79 Å². The number of amides is 2. The van der Waals surface area contributed by atoms with Gasteiger partial charge in [0.25, 0.3) is 5.91 Å². The quantitative estimate of drug-likeness (QED) is 0.337. The number of carbonyl (C=O) groups excluding carboxylic acids is 4. The van der Waals surface area contributed by atoms with Crippen LogP contribution in [-0.2, 0) is 33.3 Å². The summed E-state index contributed by atoms with van der Waals surface area (Å²) >= 11 is 0. The molecule has 11 heteroatoms. The summed E-state index contributed by atoms with van der Waals surface area (Å²) in [5.74, 6) is -2.53. The molecule has 1 heterocycles. The molecule has 0 radical (unpaired) electrons. The van der Waals surface area contributed by atoms with E-state index in [0.717, 1.165) is 6.08 Å². The van der Waals surface area contributed by atoms with E-state index in [9.17, 15) is 24.3 Å². The molecule has 1 unspecified atom stereocenters. The van der Waals surface area contributed by atoms with E-state index >= 15 is 0 Å². The zero-order valence-electron chi connectivity index (χ0n) is 25.2. The van der Waals surface area contributed by atoms with Crippen molar-refractivity contribution in [2.24, 2.45) is 23.5 Å². The number of fused-ring (bicyclic) bond motifs is 2. The molecule has 0 fully saturated rings. The first-order chi connectivity index (χ1) is 19.2. The third-order valence-corrected chi connectivity index (χ3v) is 7.66. The molecule has 0 aromatic carbocycles.